The topological polar surface area (TPSA) is 69.8 Å². The van der Waals surface area contributed by atoms with Gasteiger partial charge < -0.3 is 76.5 Å². The van der Waals surface area contributed by atoms with Crippen molar-refractivity contribution in [3.05, 3.63) is 209 Å². The fourth-order valence-corrected chi connectivity index (χ4v) is 13.4. The van der Waals surface area contributed by atoms with Gasteiger partial charge in [0.15, 0.2) is 0 Å². The second kappa shape index (κ2) is 24.8. The molecule has 6 aromatic carbocycles. The summed E-state index contributed by atoms with van der Waals surface area (Å²) in [6.45, 7) is 15.4. The predicted octanol–water partition coefficient (Wildman–Crippen LogP) is 11.0. The quantitative estimate of drug-likeness (QED) is 0.0645. The maximum Gasteiger partial charge on any atom is 0.128 e. The summed E-state index contributed by atoms with van der Waals surface area (Å²) in [5, 5.41) is 0. The molecule has 11 heteroatoms. The van der Waals surface area contributed by atoms with E-state index in [4.69, 9.17) is 14.7 Å². The Labute approximate surface area is 527 Å². The highest BCUT2D eigenvalue weighted by Gasteiger charge is 2.37. The van der Waals surface area contributed by atoms with Crippen LogP contribution in [0.4, 0.5) is 11.4 Å². The highest BCUT2D eigenvalue weighted by atomic mass is 127. The van der Waals surface area contributed by atoms with Crippen LogP contribution in [0.25, 0.3) is 90.9 Å². The number of H-pyrrole nitrogens is 2. The number of quaternary nitrogens is 2. The molecule has 4 aliphatic rings. The molecule has 0 amide bonds. The van der Waals surface area contributed by atoms with Gasteiger partial charge in [0.2, 0.25) is 0 Å². The minimum absolute atomic E-state index is 0. The number of aromatic nitrogens is 4. The number of piperazine rings is 1. The molecule has 13 rings (SSSR count). The molecular formula is C72H71I2N7OS. The molecule has 7 heterocycles. The number of hydrogen-bond donors (Lipinski definition) is 2. The van der Waals surface area contributed by atoms with E-state index in [1.54, 1.807) is 0 Å². The summed E-state index contributed by atoms with van der Waals surface area (Å²) in [6.07, 6.45) is 12.0. The minimum atomic E-state index is 0. The monoisotopic (exact) mass is 1340 g/mol. The molecule has 0 aliphatic carbocycles. The van der Waals surface area contributed by atoms with E-state index in [-0.39, 0.29) is 48.0 Å². The molecule has 9 aromatic rings. The Morgan fingerprint density at radius 1 is 0.434 bits per heavy atom. The van der Waals surface area contributed by atoms with Gasteiger partial charge in [-0.05, 0) is 141 Å². The second-order valence-corrected chi connectivity index (χ2v) is 24.4. The van der Waals surface area contributed by atoms with Crippen molar-refractivity contribution < 1.29 is 61.7 Å². The van der Waals surface area contributed by atoms with Gasteiger partial charge in [0.25, 0.3) is 0 Å². The number of nitrogens with zero attached hydrogens (tertiary/aromatic N) is 5. The van der Waals surface area contributed by atoms with E-state index in [2.05, 4.69) is 244 Å². The number of unbranched alkanes of at least 4 members (excludes halogenated alkanes) is 1. The highest BCUT2D eigenvalue weighted by molar-refractivity contribution is 7.99. The highest BCUT2D eigenvalue weighted by Crippen LogP contribution is 2.48. The first-order valence-corrected chi connectivity index (χ1v) is 29.8. The smallest absolute Gasteiger partial charge is 0.128 e. The molecule has 0 atom stereocenters. The van der Waals surface area contributed by atoms with Gasteiger partial charge in [-0.2, -0.15) is 0 Å². The Kier molecular flexibility index (Phi) is 17.4. The lowest BCUT2D eigenvalue weighted by Crippen LogP contribution is -3.00. The first kappa shape index (κ1) is 58.0. The van der Waals surface area contributed by atoms with Crippen LogP contribution < -0.4 is 57.6 Å². The van der Waals surface area contributed by atoms with Gasteiger partial charge in [-0.15, -0.1) is 0 Å². The van der Waals surface area contributed by atoms with Gasteiger partial charge in [-0.1, -0.05) is 138 Å². The molecule has 0 saturated carbocycles. The summed E-state index contributed by atoms with van der Waals surface area (Å²) in [4.78, 5) is 24.1. The largest absolute Gasteiger partial charge is 1.00 e. The molecule has 8 bridgehead atoms. The van der Waals surface area contributed by atoms with Gasteiger partial charge >= 0.3 is 0 Å². The van der Waals surface area contributed by atoms with E-state index in [9.17, 15) is 0 Å². The van der Waals surface area contributed by atoms with Crippen LogP contribution in [0, 0.1) is 20.8 Å². The van der Waals surface area contributed by atoms with Crippen LogP contribution in [-0.2, 0) is 0 Å². The lowest BCUT2D eigenvalue weighted by Gasteiger charge is -2.46. The fourth-order valence-electron chi connectivity index (χ4n) is 12.4. The van der Waals surface area contributed by atoms with E-state index >= 15 is 0 Å². The van der Waals surface area contributed by atoms with E-state index in [0.29, 0.717) is 6.61 Å². The number of aryl methyl sites for hydroxylation is 3. The molecule has 2 N–H and O–H groups in total. The fraction of sp³-hybridized carbons (Fsp3) is 0.222. The van der Waals surface area contributed by atoms with E-state index < -0.39 is 0 Å². The summed E-state index contributed by atoms with van der Waals surface area (Å²) in [7, 11) is 4.96. The molecule has 0 radical (unpaired) electrons. The minimum Gasteiger partial charge on any atom is -1.00 e. The van der Waals surface area contributed by atoms with Crippen molar-refractivity contribution in [3.8, 4) is 50.3 Å². The van der Waals surface area contributed by atoms with Crippen LogP contribution in [0.15, 0.2) is 180 Å². The van der Waals surface area contributed by atoms with Gasteiger partial charge in [0, 0.05) is 67.1 Å². The van der Waals surface area contributed by atoms with Crippen molar-refractivity contribution in [2.75, 3.05) is 71.4 Å². The number of fused-ring (bicyclic) bond motifs is 10. The third-order valence-electron chi connectivity index (χ3n) is 17.2. The summed E-state index contributed by atoms with van der Waals surface area (Å²) in [6, 6.07) is 61.5. The summed E-state index contributed by atoms with van der Waals surface area (Å²) >= 11 is 1.89. The first-order valence-electron chi connectivity index (χ1n) is 28.9. The Morgan fingerprint density at radius 3 is 1.17 bits per heavy atom. The summed E-state index contributed by atoms with van der Waals surface area (Å²) in [5.74, 6) is 0.880. The van der Waals surface area contributed by atoms with Gasteiger partial charge in [0.05, 0.1) is 67.9 Å². The molecule has 8 nitrogen and oxygen atoms in total. The zero-order valence-corrected chi connectivity index (χ0v) is 53.2. The first-order chi connectivity index (χ1) is 39.5. The Balaban J connectivity index is 0.00000360. The van der Waals surface area contributed by atoms with Crippen LogP contribution >= 0.6 is 11.8 Å². The van der Waals surface area contributed by atoms with Crippen LogP contribution in [0.5, 0.6) is 5.75 Å². The standard InChI is InChI=1S/C72H71N7OS.2HI/c1-49-17-23-52(24-18-49)69-57-33-35-59(73-57)70(53-25-19-50(2)20-26-53)61-37-39-63(75-61)72(64-40-38-62(76-64)71(60-36-34-58(69)74-60)54-27-21-51(3)22-28-54)55-29-31-56(32-30-55)80-48-11-10-42-78(4)44-46-79(5,47-45-78)43-12-41-77-65-13-6-8-15-67(65)81-68-16-9-7-14-66(68)77;;/h6-9,13-40,73,76H,10-12,41-48H2,1-5H3;2*1H/q+2;;/p-2. The number of ether oxygens (including phenoxy) is 1. The zero-order valence-electron chi connectivity index (χ0n) is 48.1. The van der Waals surface area contributed by atoms with Crippen molar-refractivity contribution in [2.24, 2.45) is 0 Å². The average molecular weight is 1340 g/mol. The van der Waals surface area contributed by atoms with Crippen molar-refractivity contribution in [3.63, 3.8) is 0 Å². The third kappa shape index (κ3) is 12.3. The molecule has 0 spiro atoms. The van der Waals surface area contributed by atoms with Crippen molar-refractivity contribution >= 4 is 69.5 Å². The SMILES string of the molecule is Cc1ccc(-c2c3nc(c(-c4ccc(C)cc4)c4ccc([nH]4)c(-c4ccc(OCCCC[N+]5(C)CC[N+](C)(CCCN6c7ccccc7Sc7ccccc76)CC5)cc4)c4nc(c(-c5ccc(C)cc5)c5ccc2[nH]5)C=C4)C=C3)cc1.[I-].[I-]. The van der Waals surface area contributed by atoms with Gasteiger partial charge in [0.1, 0.15) is 31.9 Å². The number of benzene rings is 6. The molecule has 4 aliphatic heterocycles. The number of likely N-dealkylation sites (N-methyl/N-ethyl adjacent to an activating group) is 2. The Morgan fingerprint density at radius 2 is 0.783 bits per heavy atom. The van der Waals surface area contributed by atoms with E-state index in [0.717, 1.165) is 123 Å². The Hall–Kier alpha value is -6.75. The lowest BCUT2D eigenvalue weighted by molar-refractivity contribution is -1.02. The normalized spacial score (nSPS) is 16.9. The number of aromatic amines is 2. The van der Waals surface area contributed by atoms with Crippen molar-refractivity contribution in [1.82, 2.24) is 19.9 Å². The van der Waals surface area contributed by atoms with Crippen LogP contribution in [0.3, 0.4) is 0 Å². The number of hydrogen-bond acceptors (Lipinski definition) is 5. The average Bonchev–Trinajstić information content (AvgIpc) is 4.51. The third-order valence-corrected chi connectivity index (χ3v) is 18.4. The lowest BCUT2D eigenvalue weighted by atomic mass is 10.0. The van der Waals surface area contributed by atoms with Crippen LogP contribution in [-0.4, -0.2) is 95.4 Å². The van der Waals surface area contributed by atoms with Gasteiger partial charge in [-0.3, -0.25) is 0 Å². The van der Waals surface area contributed by atoms with Crippen molar-refractivity contribution in [1.29, 1.82) is 0 Å². The van der Waals surface area contributed by atoms with E-state index in [1.165, 1.54) is 83.5 Å². The molecule has 0 unspecified atom stereocenters. The molecule has 420 valence electrons. The zero-order chi connectivity index (χ0) is 55.1. The van der Waals surface area contributed by atoms with Gasteiger partial charge in [-0.25, -0.2) is 9.97 Å². The predicted molar refractivity (Wildman–Crippen MR) is 340 cm³/mol. The maximum absolute atomic E-state index is 6.50. The molecule has 83 heavy (non-hydrogen) atoms. The van der Waals surface area contributed by atoms with Crippen LogP contribution in [0.2, 0.25) is 0 Å². The number of anilines is 2. The Bertz CT molecular complexity index is 3960. The molecule has 1 saturated heterocycles. The number of para-hydroxylation sites is 2. The maximum atomic E-state index is 6.50. The molecular weight excluding hydrogens is 1260 g/mol. The number of halogens is 2. The van der Waals surface area contributed by atoms with Crippen LogP contribution in [0.1, 0.15) is 58.7 Å². The summed E-state index contributed by atoms with van der Waals surface area (Å²) in [5.41, 5.74) is 22.3. The number of rotatable bonds is 14. The second-order valence-electron chi connectivity index (χ2n) is 23.3. The molecule has 3 aromatic heterocycles. The summed E-state index contributed by atoms with van der Waals surface area (Å²) < 4.78 is 8.80. The number of nitrogens with one attached hydrogen (secondary N) is 2. The van der Waals surface area contributed by atoms with E-state index in [1.807, 2.05) is 11.8 Å². The molecule has 1 fully saturated rings. The van der Waals surface area contributed by atoms with Crippen molar-refractivity contribution in [2.45, 2.75) is 49.8 Å².